The molecular weight excluding hydrogens is 308 g/mol. The van der Waals surface area contributed by atoms with Gasteiger partial charge >= 0.3 is 6.03 Å². The SMILES string of the molecule is O=C(NCc1ccon1)N1CCCCC1c1nnc2n1CCCC2. The molecule has 0 bridgehead atoms. The second kappa shape index (κ2) is 6.62. The average molecular weight is 330 g/mol. The Bertz CT molecular complexity index is 695. The van der Waals surface area contributed by atoms with Gasteiger partial charge in [0.15, 0.2) is 5.82 Å². The van der Waals surface area contributed by atoms with Crippen molar-refractivity contribution in [2.45, 2.75) is 57.7 Å². The van der Waals surface area contributed by atoms with Crippen molar-refractivity contribution in [3.63, 3.8) is 0 Å². The van der Waals surface area contributed by atoms with E-state index in [-0.39, 0.29) is 12.1 Å². The highest BCUT2D eigenvalue weighted by atomic mass is 16.5. The maximum absolute atomic E-state index is 12.7. The molecule has 2 aliphatic heterocycles. The topological polar surface area (TPSA) is 89.1 Å². The van der Waals surface area contributed by atoms with E-state index in [0.29, 0.717) is 6.54 Å². The highest BCUT2D eigenvalue weighted by molar-refractivity contribution is 5.74. The van der Waals surface area contributed by atoms with Gasteiger partial charge in [-0.3, -0.25) is 0 Å². The van der Waals surface area contributed by atoms with Crippen molar-refractivity contribution in [3.05, 3.63) is 29.7 Å². The Morgan fingerprint density at radius 2 is 2.17 bits per heavy atom. The molecule has 8 heteroatoms. The van der Waals surface area contributed by atoms with Gasteiger partial charge in [0, 0.05) is 25.6 Å². The van der Waals surface area contributed by atoms with E-state index in [4.69, 9.17) is 4.52 Å². The van der Waals surface area contributed by atoms with Gasteiger partial charge in [0.1, 0.15) is 17.8 Å². The van der Waals surface area contributed by atoms with Gasteiger partial charge in [0.05, 0.1) is 12.6 Å². The van der Waals surface area contributed by atoms with Gasteiger partial charge in [0.2, 0.25) is 0 Å². The molecule has 1 atom stereocenters. The third kappa shape index (κ3) is 2.88. The van der Waals surface area contributed by atoms with Crippen LogP contribution in [-0.2, 0) is 19.5 Å². The lowest BCUT2D eigenvalue weighted by atomic mass is 10.0. The Morgan fingerprint density at radius 1 is 1.25 bits per heavy atom. The van der Waals surface area contributed by atoms with Gasteiger partial charge in [-0.1, -0.05) is 5.16 Å². The largest absolute Gasteiger partial charge is 0.364 e. The molecule has 1 saturated heterocycles. The predicted molar refractivity (Wildman–Crippen MR) is 85.0 cm³/mol. The van der Waals surface area contributed by atoms with E-state index in [2.05, 4.69) is 25.2 Å². The summed E-state index contributed by atoms with van der Waals surface area (Å²) < 4.78 is 7.02. The minimum Gasteiger partial charge on any atom is -0.364 e. The lowest BCUT2D eigenvalue weighted by molar-refractivity contribution is 0.144. The number of likely N-dealkylation sites (tertiary alicyclic amines) is 1. The van der Waals surface area contributed by atoms with Crippen LogP contribution in [0.5, 0.6) is 0 Å². The Kier molecular flexibility index (Phi) is 4.18. The van der Waals surface area contributed by atoms with Crippen molar-refractivity contribution in [1.29, 1.82) is 0 Å². The van der Waals surface area contributed by atoms with Gasteiger partial charge in [-0.15, -0.1) is 10.2 Å². The maximum Gasteiger partial charge on any atom is 0.318 e. The molecule has 8 nitrogen and oxygen atoms in total. The van der Waals surface area contributed by atoms with Crippen molar-refractivity contribution in [3.8, 4) is 0 Å². The third-order valence-electron chi connectivity index (χ3n) is 4.86. The minimum absolute atomic E-state index is 0.00964. The predicted octanol–water partition coefficient (Wildman–Crippen LogP) is 2.04. The average Bonchev–Trinajstić information content (AvgIpc) is 3.29. The van der Waals surface area contributed by atoms with Gasteiger partial charge in [0.25, 0.3) is 0 Å². The van der Waals surface area contributed by atoms with E-state index in [9.17, 15) is 4.79 Å². The molecule has 0 aromatic carbocycles. The molecule has 4 rings (SSSR count). The third-order valence-corrected chi connectivity index (χ3v) is 4.86. The highest BCUT2D eigenvalue weighted by Crippen LogP contribution is 2.31. The van der Waals surface area contributed by atoms with Crippen molar-refractivity contribution in [1.82, 2.24) is 30.1 Å². The van der Waals surface area contributed by atoms with Crippen LogP contribution in [-0.4, -0.2) is 37.4 Å². The number of piperidine rings is 1. The number of carbonyl (C=O) groups is 1. The van der Waals surface area contributed by atoms with E-state index in [1.807, 2.05) is 4.90 Å². The molecule has 2 amide bonds. The summed E-state index contributed by atoms with van der Waals surface area (Å²) in [5.41, 5.74) is 0.719. The number of fused-ring (bicyclic) bond motifs is 1. The fraction of sp³-hybridized carbons (Fsp3) is 0.625. The number of amides is 2. The van der Waals surface area contributed by atoms with Crippen molar-refractivity contribution < 1.29 is 9.32 Å². The first-order valence-electron chi connectivity index (χ1n) is 8.68. The zero-order valence-corrected chi connectivity index (χ0v) is 13.6. The Labute approximate surface area is 140 Å². The monoisotopic (exact) mass is 330 g/mol. The second-order valence-electron chi connectivity index (χ2n) is 6.44. The molecule has 4 heterocycles. The number of carbonyl (C=O) groups excluding carboxylic acids is 1. The van der Waals surface area contributed by atoms with Gasteiger partial charge in [-0.25, -0.2) is 4.79 Å². The van der Waals surface area contributed by atoms with Crippen LogP contribution in [0.2, 0.25) is 0 Å². The molecule has 1 N–H and O–H groups in total. The molecule has 0 aliphatic carbocycles. The quantitative estimate of drug-likeness (QED) is 0.930. The zero-order chi connectivity index (χ0) is 16.4. The van der Waals surface area contributed by atoms with E-state index in [1.165, 1.54) is 12.7 Å². The lowest BCUT2D eigenvalue weighted by Crippen LogP contribution is -2.45. The summed E-state index contributed by atoms with van der Waals surface area (Å²) in [6, 6.07) is 1.69. The Hall–Kier alpha value is -2.38. The van der Waals surface area contributed by atoms with E-state index in [1.54, 1.807) is 6.07 Å². The second-order valence-corrected chi connectivity index (χ2v) is 6.44. The Balaban J connectivity index is 1.50. The van der Waals surface area contributed by atoms with Crippen LogP contribution in [0.15, 0.2) is 16.9 Å². The molecule has 2 aliphatic rings. The number of aryl methyl sites for hydroxylation is 1. The van der Waals surface area contributed by atoms with Crippen LogP contribution in [0.1, 0.15) is 55.5 Å². The summed E-state index contributed by atoms with van der Waals surface area (Å²) in [5, 5.41) is 15.5. The molecule has 1 fully saturated rings. The summed E-state index contributed by atoms with van der Waals surface area (Å²) in [6.07, 6.45) is 7.89. The molecular formula is C16H22N6O2. The summed E-state index contributed by atoms with van der Waals surface area (Å²) in [6.45, 7) is 2.08. The molecule has 0 radical (unpaired) electrons. The number of hydrogen-bond donors (Lipinski definition) is 1. The summed E-state index contributed by atoms with van der Waals surface area (Å²) in [4.78, 5) is 14.6. The molecule has 2 aromatic heterocycles. The number of nitrogens with zero attached hydrogens (tertiary/aromatic N) is 5. The summed E-state index contributed by atoms with van der Waals surface area (Å²) in [5.74, 6) is 2.01. The number of hydrogen-bond acceptors (Lipinski definition) is 5. The maximum atomic E-state index is 12.7. The molecule has 0 saturated carbocycles. The fourth-order valence-electron chi connectivity index (χ4n) is 3.62. The van der Waals surface area contributed by atoms with Crippen molar-refractivity contribution >= 4 is 6.03 Å². The van der Waals surface area contributed by atoms with Crippen LogP contribution in [0.3, 0.4) is 0 Å². The van der Waals surface area contributed by atoms with Crippen LogP contribution >= 0.6 is 0 Å². The lowest BCUT2D eigenvalue weighted by Gasteiger charge is -2.35. The number of rotatable bonds is 3. The Morgan fingerprint density at radius 3 is 3.04 bits per heavy atom. The summed E-state index contributed by atoms with van der Waals surface area (Å²) >= 11 is 0. The zero-order valence-electron chi connectivity index (χ0n) is 13.6. The standard InChI is InChI=1S/C16H22N6O2/c23-16(17-11-12-7-10-24-20-12)21-8-3-1-5-13(21)15-19-18-14-6-2-4-9-22(14)15/h7,10,13H,1-6,8-9,11H2,(H,17,23). The summed E-state index contributed by atoms with van der Waals surface area (Å²) in [7, 11) is 0. The first-order valence-corrected chi connectivity index (χ1v) is 8.68. The molecule has 1 unspecified atom stereocenters. The molecule has 128 valence electrons. The van der Waals surface area contributed by atoms with Gasteiger partial charge in [-0.2, -0.15) is 0 Å². The fourth-order valence-corrected chi connectivity index (χ4v) is 3.62. The normalized spacial score (nSPS) is 20.7. The van der Waals surface area contributed by atoms with Crippen LogP contribution < -0.4 is 5.32 Å². The van der Waals surface area contributed by atoms with Crippen molar-refractivity contribution in [2.24, 2.45) is 0 Å². The number of aromatic nitrogens is 4. The van der Waals surface area contributed by atoms with E-state index in [0.717, 1.165) is 62.5 Å². The first-order chi connectivity index (χ1) is 11.8. The van der Waals surface area contributed by atoms with E-state index >= 15 is 0 Å². The number of urea groups is 1. The van der Waals surface area contributed by atoms with Crippen LogP contribution in [0, 0.1) is 0 Å². The minimum atomic E-state index is -0.0733. The van der Waals surface area contributed by atoms with Gasteiger partial charge < -0.3 is 19.3 Å². The van der Waals surface area contributed by atoms with Crippen LogP contribution in [0.4, 0.5) is 4.79 Å². The molecule has 24 heavy (non-hydrogen) atoms. The van der Waals surface area contributed by atoms with E-state index < -0.39 is 0 Å². The van der Waals surface area contributed by atoms with Crippen LogP contribution in [0.25, 0.3) is 0 Å². The number of nitrogens with one attached hydrogen (secondary N) is 1. The molecule has 0 spiro atoms. The first kappa shape index (κ1) is 15.2. The smallest absolute Gasteiger partial charge is 0.318 e. The van der Waals surface area contributed by atoms with Crippen molar-refractivity contribution in [2.75, 3.05) is 6.54 Å². The highest BCUT2D eigenvalue weighted by Gasteiger charge is 2.32. The van der Waals surface area contributed by atoms with Gasteiger partial charge in [-0.05, 0) is 32.1 Å². The molecule has 2 aromatic rings.